The number of benzene rings is 1. The van der Waals surface area contributed by atoms with Crippen LogP contribution in [-0.2, 0) is 0 Å². The van der Waals surface area contributed by atoms with Crippen LogP contribution >= 0.6 is 0 Å². The third-order valence-electron chi connectivity index (χ3n) is 2.10. The van der Waals surface area contributed by atoms with Crippen LogP contribution in [0.2, 0.25) is 0 Å². The molecule has 0 saturated carbocycles. The summed E-state index contributed by atoms with van der Waals surface area (Å²) in [6, 6.07) is 6.91. The molecule has 0 spiro atoms. The molecule has 1 aromatic rings. The molecule has 0 bridgehead atoms. The van der Waals surface area contributed by atoms with Crippen molar-refractivity contribution in [3.63, 3.8) is 0 Å². The fraction of sp³-hybridized carbons (Fsp3) is 0.100. The van der Waals surface area contributed by atoms with E-state index >= 15 is 0 Å². The number of hydrogen-bond acceptors (Lipinski definition) is 2. The first-order valence-corrected chi connectivity index (χ1v) is 3.74. The summed E-state index contributed by atoms with van der Waals surface area (Å²) in [6.45, 7) is 1.57. The van der Waals surface area contributed by atoms with Gasteiger partial charge in [-0.1, -0.05) is 25.0 Å². The van der Waals surface area contributed by atoms with E-state index in [0.717, 1.165) is 0 Å². The van der Waals surface area contributed by atoms with E-state index in [-0.39, 0.29) is 63.0 Å². The van der Waals surface area contributed by atoms with Gasteiger partial charge >= 0.3 is 51.4 Å². The van der Waals surface area contributed by atoms with Crippen LogP contribution in [0.1, 0.15) is 27.6 Å². The first-order chi connectivity index (χ1) is 5.72. The quantitative estimate of drug-likeness (QED) is 0.382. The first kappa shape index (κ1) is 11.1. The Morgan fingerprint density at radius 3 is 1.77 bits per heavy atom. The van der Waals surface area contributed by atoms with Gasteiger partial charge in [-0.25, -0.2) is 0 Å². The number of hydrogen-bond donors (Lipinski definition) is 0. The molecule has 1 aliphatic rings. The molecule has 0 aromatic heterocycles. The van der Waals surface area contributed by atoms with E-state index in [1.54, 1.807) is 31.2 Å². The van der Waals surface area contributed by atoms with Gasteiger partial charge in [0.25, 0.3) is 0 Å². The molecule has 3 heteroatoms. The van der Waals surface area contributed by atoms with Gasteiger partial charge in [0, 0.05) is 0 Å². The van der Waals surface area contributed by atoms with Gasteiger partial charge in [0.1, 0.15) is 0 Å². The molecule has 0 atom stereocenters. The third kappa shape index (κ3) is 1.67. The summed E-state index contributed by atoms with van der Waals surface area (Å²) in [5, 5.41) is 0. The predicted molar refractivity (Wildman–Crippen MR) is 44.0 cm³/mol. The molecule has 2 nitrogen and oxygen atoms in total. The van der Waals surface area contributed by atoms with E-state index in [2.05, 4.69) is 0 Å². The zero-order valence-electron chi connectivity index (χ0n) is 7.63. The number of rotatable bonds is 0. The number of fused-ring (bicyclic) bond motifs is 1. The summed E-state index contributed by atoms with van der Waals surface area (Å²) in [4.78, 5) is 22.7. The van der Waals surface area contributed by atoms with E-state index in [9.17, 15) is 9.59 Å². The Hall–Kier alpha value is 0.0664. The van der Waals surface area contributed by atoms with Gasteiger partial charge < -0.3 is 9.59 Å². The number of carbonyl (C=O) groups is 2. The standard InChI is InChI=1S/C10H7O2.K/c1-6-9(11)7-4-2-3-5-8(7)10(6)12;/h2-5H,1H3;/q-1;+1. The fourth-order valence-corrected chi connectivity index (χ4v) is 1.39. The minimum Gasteiger partial charge on any atom is -0.319 e. The van der Waals surface area contributed by atoms with Crippen LogP contribution in [-0.4, -0.2) is 11.6 Å². The molecule has 0 saturated heterocycles. The smallest absolute Gasteiger partial charge is 0.319 e. The Labute approximate surface area is 119 Å². The average Bonchev–Trinajstić information content (AvgIpc) is 2.33. The van der Waals surface area contributed by atoms with Crippen molar-refractivity contribution < 1.29 is 61.0 Å². The molecular weight excluding hydrogens is 191 g/mol. The summed E-state index contributed by atoms with van der Waals surface area (Å²) in [5.74, 6) is 0.0717. The van der Waals surface area contributed by atoms with Crippen molar-refractivity contribution in [1.29, 1.82) is 0 Å². The monoisotopic (exact) mass is 198 g/mol. The third-order valence-corrected chi connectivity index (χ3v) is 2.10. The largest absolute Gasteiger partial charge is 1.00 e. The van der Waals surface area contributed by atoms with E-state index < -0.39 is 0 Å². The average molecular weight is 198 g/mol. The molecule has 2 rings (SSSR count). The Balaban J connectivity index is 0.000000845. The number of Topliss-reactive ketones (excluding diaryl/α,β-unsaturated/α-hetero) is 2. The van der Waals surface area contributed by atoms with E-state index in [4.69, 9.17) is 0 Å². The van der Waals surface area contributed by atoms with Crippen molar-refractivity contribution in [1.82, 2.24) is 0 Å². The van der Waals surface area contributed by atoms with Gasteiger partial charge in [0.2, 0.25) is 0 Å². The molecule has 60 valence electrons. The maximum atomic E-state index is 11.3. The van der Waals surface area contributed by atoms with E-state index in [1.165, 1.54) is 0 Å². The topological polar surface area (TPSA) is 34.1 Å². The van der Waals surface area contributed by atoms with Crippen LogP contribution in [0.4, 0.5) is 0 Å². The van der Waals surface area contributed by atoms with Crippen molar-refractivity contribution in [2.24, 2.45) is 0 Å². The van der Waals surface area contributed by atoms with Crippen LogP contribution < -0.4 is 51.4 Å². The van der Waals surface area contributed by atoms with E-state index in [1.807, 2.05) is 0 Å². The van der Waals surface area contributed by atoms with Crippen molar-refractivity contribution >= 4 is 11.6 Å². The van der Waals surface area contributed by atoms with Crippen molar-refractivity contribution in [3.8, 4) is 0 Å². The van der Waals surface area contributed by atoms with Crippen LogP contribution in [0.5, 0.6) is 0 Å². The van der Waals surface area contributed by atoms with Crippen LogP contribution in [0.15, 0.2) is 24.3 Å². The maximum absolute atomic E-state index is 11.3. The molecule has 0 unspecified atom stereocenters. The first-order valence-electron chi connectivity index (χ1n) is 3.74. The van der Waals surface area contributed by atoms with Gasteiger partial charge in [-0.3, -0.25) is 0 Å². The molecule has 13 heavy (non-hydrogen) atoms. The second-order valence-electron chi connectivity index (χ2n) is 2.83. The van der Waals surface area contributed by atoms with Gasteiger partial charge in [-0.15, -0.1) is 23.3 Å². The minimum atomic E-state index is -0.129. The normalized spacial score (nSPS) is 14.1. The maximum Gasteiger partial charge on any atom is 1.00 e. The van der Waals surface area contributed by atoms with Gasteiger partial charge in [-0.2, -0.15) is 0 Å². The van der Waals surface area contributed by atoms with Crippen LogP contribution in [0, 0.1) is 5.92 Å². The molecular formula is C10H7KO2. The summed E-state index contributed by atoms with van der Waals surface area (Å²) in [6.07, 6.45) is 0. The predicted octanol–water partition coefficient (Wildman–Crippen LogP) is -1.34. The summed E-state index contributed by atoms with van der Waals surface area (Å²) >= 11 is 0. The Kier molecular flexibility index (Phi) is 3.48. The Morgan fingerprint density at radius 1 is 1.00 bits per heavy atom. The number of ketones is 2. The summed E-state index contributed by atoms with van der Waals surface area (Å²) in [7, 11) is 0. The van der Waals surface area contributed by atoms with E-state index in [0.29, 0.717) is 17.0 Å². The molecule has 0 radical (unpaired) electrons. The minimum absolute atomic E-state index is 0. The van der Waals surface area contributed by atoms with Crippen LogP contribution in [0.3, 0.4) is 0 Å². The van der Waals surface area contributed by atoms with Crippen molar-refractivity contribution in [3.05, 3.63) is 41.3 Å². The zero-order valence-corrected chi connectivity index (χ0v) is 10.7. The molecule has 0 heterocycles. The van der Waals surface area contributed by atoms with Crippen LogP contribution in [0.25, 0.3) is 0 Å². The molecule has 0 fully saturated rings. The van der Waals surface area contributed by atoms with Crippen molar-refractivity contribution in [2.45, 2.75) is 6.92 Å². The molecule has 0 N–H and O–H groups in total. The van der Waals surface area contributed by atoms with Crippen molar-refractivity contribution in [2.75, 3.05) is 0 Å². The van der Waals surface area contributed by atoms with Gasteiger partial charge in [0.05, 0.1) is 11.6 Å². The second kappa shape index (κ2) is 4.06. The second-order valence-corrected chi connectivity index (χ2v) is 2.83. The summed E-state index contributed by atoms with van der Waals surface area (Å²) in [5.41, 5.74) is 1.08. The molecule has 0 amide bonds. The molecule has 1 aromatic carbocycles. The summed E-state index contributed by atoms with van der Waals surface area (Å²) < 4.78 is 0. The Morgan fingerprint density at radius 2 is 1.38 bits per heavy atom. The number of carbonyl (C=O) groups excluding carboxylic acids is 2. The Bertz CT molecular complexity index is 336. The van der Waals surface area contributed by atoms with Gasteiger partial charge in [0.15, 0.2) is 0 Å². The SMILES string of the molecule is C[C-]1C(=O)c2ccccc2C1=O.[K+]. The molecule has 0 aliphatic heterocycles. The van der Waals surface area contributed by atoms with Gasteiger partial charge in [-0.05, 0) is 0 Å². The zero-order chi connectivity index (χ0) is 8.72. The fourth-order valence-electron chi connectivity index (χ4n) is 1.39. The molecule has 1 aliphatic carbocycles.